The second-order valence-corrected chi connectivity index (χ2v) is 4.24. The fourth-order valence-electron chi connectivity index (χ4n) is 2.33. The van der Waals surface area contributed by atoms with Crippen LogP contribution in [0.5, 0.6) is 5.75 Å². The molecule has 17 heavy (non-hydrogen) atoms. The maximum Gasteiger partial charge on any atom is 0.316 e. The third-order valence-electron chi connectivity index (χ3n) is 3.32. The summed E-state index contributed by atoms with van der Waals surface area (Å²) < 4.78 is 10.2. The molecule has 2 rings (SSSR count). The molecule has 1 heterocycles. The quantitative estimate of drug-likeness (QED) is 0.793. The normalized spacial score (nSPS) is 18.6. The number of aromatic hydroxyl groups is 1. The SMILES string of the molecule is COC(=O)C1(c2cccc(O)c2)CCOCC1. The zero-order valence-corrected chi connectivity index (χ0v) is 9.81. The summed E-state index contributed by atoms with van der Waals surface area (Å²) in [5, 5.41) is 9.53. The summed E-state index contributed by atoms with van der Waals surface area (Å²) >= 11 is 0. The minimum Gasteiger partial charge on any atom is -0.508 e. The van der Waals surface area contributed by atoms with Crippen molar-refractivity contribution in [3.63, 3.8) is 0 Å². The molecule has 4 nitrogen and oxygen atoms in total. The van der Waals surface area contributed by atoms with Crippen molar-refractivity contribution >= 4 is 5.97 Å². The third-order valence-corrected chi connectivity index (χ3v) is 3.32. The van der Waals surface area contributed by atoms with Gasteiger partial charge in [-0.25, -0.2) is 0 Å². The van der Waals surface area contributed by atoms with Gasteiger partial charge in [-0.1, -0.05) is 12.1 Å². The summed E-state index contributed by atoms with van der Waals surface area (Å²) in [7, 11) is 1.39. The molecule has 1 N–H and O–H groups in total. The van der Waals surface area contributed by atoms with Crippen LogP contribution in [0.25, 0.3) is 0 Å². The molecular weight excluding hydrogens is 220 g/mol. The van der Waals surface area contributed by atoms with Crippen molar-refractivity contribution in [2.45, 2.75) is 18.3 Å². The third kappa shape index (κ3) is 2.13. The molecule has 1 aromatic carbocycles. The Kier molecular flexibility index (Phi) is 3.33. The highest BCUT2D eigenvalue weighted by Crippen LogP contribution is 2.37. The van der Waals surface area contributed by atoms with Crippen LogP contribution in [-0.2, 0) is 19.7 Å². The maximum absolute atomic E-state index is 12.0. The Morgan fingerprint density at radius 2 is 2.12 bits per heavy atom. The van der Waals surface area contributed by atoms with E-state index in [2.05, 4.69) is 0 Å². The lowest BCUT2D eigenvalue weighted by Crippen LogP contribution is -2.42. The van der Waals surface area contributed by atoms with E-state index in [9.17, 15) is 9.90 Å². The predicted molar refractivity (Wildman–Crippen MR) is 61.9 cm³/mol. The summed E-state index contributed by atoms with van der Waals surface area (Å²) in [5.41, 5.74) is 0.124. The lowest BCUT2D eigenvalue weighted by atomic mass is 9.74. The number of phenols is 1. The number of rotatable bonds is 2. The molecule has 0 bridgehead atoms. The smallest absolute Gasteiger partial charge is 0.316 e. The summed E-state index contributed by atoms with van der Waals surface area (Å²) in [6.07, 6.45) is 1.17. The van der Waals surface area contributed by atoms with Crippen LogP contribution in [0.2, 0.25) is 0 Å². The zero-order chi connectivity index (χ0) is 12.3. The van der Waals surface area contributed by atoms with Crippen LogP contribution in [0.4, 0.5) is 0 Å². The van der Waals surface area contributed by atoms with E-state index in [4.69, 9.17) is 9.47 Å². The maximum atomic E-state index is 12.0. The van der Waals surface area contributed by atoms with Crippen LogP contribution < -0.4 is 0 Å². The van der Waals surface area contributed by atoms with E-state index >= 15 is 0 Å². The van der Waals surface area contributed by atoms with E-state index in [-0.39, 0.29) is 11.7 Å². The molecule has 1 aliphatic heterocycles. The van der Waals surface area contributed by atoms with Gasteiger partial charge in [0.05, 0.1) is 12.5 Å². The van der Waals surface area contributed by atoms with E-state index in [1.165, 1.54) is 7.11 Å². The number of ether oxygens (including phenoxy) is 2. The standard InChI is InChI=1S/C13H16O4/c1-16-12(15)13(5-7-17-8-6-13)10-3-2-4-11(14)9-10/h2-4,9,14H,5-8H2,1H3. The molecule has 0 radical (unpaired) electrons. The van der Waals surface area contributed by atoms with Crippen molar-refractivity contribution in [1.82, 2.24) is 0 Å². The molecule has 0 atom stereocenters. The highest BCUT2D eigenvalue weighted by atomic mass is 16.5. The van der Waals surface area contributed by atoms with Gasteiger partial charge in [-0.05, 0) is 30.5 Å². The molecule has 92 valence electrons. The Bertz CT molecular complexity index is 408. The minimum absolute atomic E-state index is 0.164. The van der Waals surface area contributed by atoms with Gasteiger partial charge < -0.3 is 14.6 Å². The molecule has 0 aromatic heterocycles. The predicted octanol–water partition coefficient (Wildman–Crippen LogP) is 1.61. The number of hydrogen-bond acceptors (Lipinski definition) is 4. The zero-order valence-electron chi connectivity index (χ0n) is 9.81. The van der Waals surface area contributed by atoms with E-state index < -0.39 is 5.41 Å². The van der Waals surface area contributed by atoms with Gasteiger partial charge in [0, 0.05) is 13.2 Å². The van der Waals surface area contributed by atoms with Crippen molar-refractivity contribution in [2.24, 2.45) is 0 Å². The van der Waals surface area contributed by atoms with E-state index in [0.717, 1.165) is 5.56 Å². The second-order valence-electron chi connectivity index (χ2n) is 4.24. The molecule has 0 aliphatic carbocycles. The molecule has 0 unspecified atom stereocenters. The molecule has 0 spiro atoms. The first-order valence-electron chi connectivity index (χ1n) is 5.65. The topological polar surface area (TPSA) is 55.8 Å². The van der Waals surface area contributed by atoms with Crippen LogP contribution in [0.3, 0.4) is 0 Å². The first-order chi connectivity index (χ1) is 8.19. The Labute approximate surface area is 100 Å². The largest absolute Gasteiger partial charge is 0.508 e. The molecule has 0 amide bonds. The molecule has 1 fully saturated rings. The van der Waals surface area contributed by atoms with Crippen molar-refractivity contribution in [2.75, 3.05) is 20.3 Å². The number of phenolic OH excluding ortho intramolecular Hbond substituents is 1. The Balaban J connectivity index is 2.42. The monoisotopic (exact) mass is 236 g/mol. The van der Waals surface area contributed by atoms with Crippen molar-refractivity contribution in [3.05, 3.63) is 29.8 Å². The van der Waals surface area contributed by atoms with Gasteiger partial charge in [-0.15, -0.1) is 0 Å². The molecule has 1 saturated heterocycles. The summed E-state index contributed by atoms with van der Waals surface area (Å²) in [6.45, 7) is 1.06. The lowest BCUT2D eigenvalue weighted by Gasteiger charge is -2.34. The van der Waals surface area contributed by atoms with Gasteiger partial charge in [0.15, 0.2) is 0 Å². The number of esters is 1. The highest BCUT2D eigenvalue weighted by Gasteiger charge is 2.42. The van der Waals surface area contributed by atoms with Gasteiger partial charge in [-0.2, -0.15) is 0 Å². The average molecular weight is 236 g/mol. The number of carbonyl (C=O) groups excluding carboxylic acids is 1. The highest BCUT2D eigenvalue weighted by molar-refractivity contribution is 5.83. The van der Waals surface area contributed by atoms with E-state index in [0.29, 0.717) is 26.1 Å². The Morgan fingerprint density at radius 3 is 2.71 bits per heavy atom. The second kappa shape index (κ2) is 4.75. The number of methoxy groups -OCH3 is 1. The van der Waals surface area contributed by atoms with Crippen LogP contribution in [0, 0.1) is 0 Å². The van der Waals surface area contributed by atoms with Gasteiger partial charge in [0.2, 0.25) is 0 Å². The molecule has 4 heteroatoms. The lowest BCUT2D eigenvalue weighted by molar-refractivity contribution is -0.151. The van der Waals surface area contributed by atoms with Crippen LogP contribution in [0.15, 0.2) is 24.3 Å². The van der Waals surface area contributed by atoms with Gasteiger partial charge in [-0.3, -0.25) is 4.79 Å². The van der Waals surface area contributed by atoms with E-state index in [1.54, 1.807) is 18.2 Å². The molecule has 0 saturated carbocycles. The van der Waals surface area contributed by atoms with Crippen molar-refractivity contribution in [3.8, 4) is 5.75 Å². The summed E-state index contributed by atoms with van der Waals surface area (Å²) in [4.78, 5) is 12.0. The van der Waals surface area contributed by atoms with E-state index in [1.807, 2.05) is 6.07 Å². The molecule has 1 aliphatic rings. The average Bonchev–Trinajstić information content (AvgIpc) is 2.38. The van der Waals surface area contributed by atoms with Gasteiger partial charge in [0.1, 0.15) is 5.75 Å². The van der Waals surface area contributed by atoms with Crippen molar-refractivity contribution in [1.29, 1.82) is 0 Å². The van der Waals surface area contributed by atoms with Crippen molar-refractivity contribution < 1.29 is 19.4 Å². The van der Waals surface area contributed by atoms with Crippen LogP contribution in [0.1, 0.15) is 18.4 Å². The van der Waals surface area contributed by atoms with Gasteiger partial charge >= 0.3 is 5.97 Å². The number of benzene rings is 1. The number of hydrogen-bond donors (Lipinski definition) is 1. The summed E-state index contributed by atoms with van der Waals surface area (Å²) in [6, 6.07) is 6.81. The Morgan fingerprint density at radius 1 is 1.41 bits per heavy atom. The number of carbonyl (C=O) groups is 1. The van der Waals surface area contributed by atoms with Crippen LogP contribution >= 0.6 is 0 Å². The fraction of sp³-hybridized carbons (Fsp3) is 0.462. The first kappa shape index (κ1) is 11.9. The van der Waals surface area contributed by atoms with Crippen LogP contribution in [-0.4, -0.2) is 31.4 Å². The Hall–Kier alpha value is -1.55. The molecule has 1 aromatic rings. The minimum atomic E-state index is -0.675. The first-order valence-corrected chi connectivity index (χ1v) is 5.65. The molecular formula is C13H16O4. The van der Waals surface area contributed by atoms with Gasteiger partial charge in [0.25, 0.3) is 0 Å². The fourth-order valence-corrected chi connectivity index (χ4v) is 2.33. The summed E-state index contributed by atoms with van der Waals surface area (Å²) in [5.74, 6) is -0.0938.